The van der Waals surface area contributed by atoms with E-state index in [1.807, 2.05) is 89.5 Å². The lowest BCUT2D eigenvalue weighted by molar-refractivity contribution is -0.143. The van der Waals surface area contributed by atoms with Crippen LogP contribution in [0.25, 0.3) is 10.9 Å². The van der Waals surface area contributed by atoms with Crippen molar-refractivity contribution in [3.8, 4) is 0 Å². The number of fused-ring (bicyclic) bond motifs is 1. The summed E-state index contributed by atoms with van der Waals surface area (Å²) in [6, 6.07) is 14.2. The molecule has 1 unspecified atom stereocenters. The van der Waals surface area contributed by atoms with Crippen molar-refractivity contribution in [3.05, 3.63) is 70.9 Å². The van der Waals surface area contributed by atoms with E-state index >= 15 is 0 Å². The molecule has 0 fully saturated rings. The van der Waals surface area contributed by atoms with E-state index in [1.54, 1.807) is 16.3 Å². The smallest absolute Gasteiger partial charge is 0.419 e. The number of benzene rings is 2. The second kappa shape index (κ2) is 10.5. The highest BCUT2D eigenvalue weighted by atomic mass is 32.2. The van der Waals surface area contributed by atoms with E-state index in [0.29, 0.717) is 6.61 Å². The van der Waals surface area contributed by atoms with E-state index in [1.165, 1.54) is 0 Å². The molecule has 0 aliphatic carbocycles. The van der Waals surface area contributed by atoms with Crippen molar-refractivity contribution < 1.29 is 19.1 Å². The first-order valence-corrected chi connectivity index (χ1v) is 12.6. The topological polar surface area (TPSA) is 57.5 Å². The Morgan fingerprint density at radius 3 is 2.39 bits per heavy atom. The molecule has 176 valence electrons. The van der Waals surface area contributed by atoms with Crippen LogP contribution < -0.4 is 0 Å². The molecule has 3 rings (SSSR count). The maximum atomic E-state index is 13.2. The van der Waals surface area contributed by atoms with Crippen LogP contribution in [0.2, 0.25) is 0 Å². The third kappa shape index (κ3) is 5.99. The number of para-hydroxylation sites is 1. The highest BCUT2D eigenvalue weighted by Crippen LogP contribution is 2.37. The predicted octanol–water partition coefficient (Wildman–Crippen LogP) is 6.68. The van der Waals surface area contributed by atoms with Gasteiger partial charge in [0, 0.05) is 23.3 Å². The van der Waals surface area contributed by atoms with Crippen LogP contribution in [0.15, 0.2) is 48.7 Å². The second-order valence-electron chi connectivity index (χ2n) is 9.15. The van der Waals surface area contributed by atoms with Gasteiger partial charge in [-0.15, -0.1) is 0 Å². The van der Waals surface area contributed by atoms with Crippen molar-refractivity contribution in [1.29, 1.82) is 0 Å². The van der Waals surface area contributed by atoms with Gasteiger partial charge in [-0.2, -0.15) is 11.8 Å². The lowest BCUT2D eigenvalue weighted by Crippen LogP contribution is -2.27. The molecular weight excluding hydrogens is 434 g/mol. The summed E-state index contributed by atoms with van der Waals surface area (Å²) in [5.41, 5.74) is 4.33. The number of rotatable bonds is 7. The average Bonchev–Trinajstić information content (AvgIpc) is 3.13. The molecule has 0 aliphatic heterocycles. The number of ether oxygens (including phenoxy) is 2. The highest BCUT2D eigenvalue weighted by molar-refractivity contribution is 7.97. The van der Waals surface area contributed by atoms with Crippen LogP contribution in [0.3, 0.4) is 0 Å². The molecule has 33 heavy (non-hydrogen) atoms. The van der Waals surface area contributed by atoms with Gasteiger partial charge in [0.2, 0.25) is 0 Å². The first-order chi connectivity index (χ1) is 15.6. The van der Waals surface area contributed by atoms with Crippen molar-refractivity contribution in [1.82, 2.24) is 4.57 Å². The minimum atomic E-state index is -0.621. The van der Waals surface area contributed by atoms with Crippen molar-refractivity contribution in [3.63, 3.8) is 0 Å². The maximum Gasteiger partial charge on any atom is 0.419 e. The van der Waals surface area contributed by atoms with Gasteiger partial charge in [-0.3, -0.25) is 9.36 Å². The first-order valence-electron chi connectivity index (χ1n) is 11.2. The van der Waals surface area contributed by atoms with Gasteiger partial charge in [0.15, 0.2) is 0 Å². The fraction of sp³-hybridized carbons (Fsp3) is 0.407. The maximum absolute atomic E-state index is 13.2. The monoisotopic (exact) mass is 467 g/mol. The molecule has 6 heteroatoms. The summed E-state index contributed by atoms with van der Waals surface area (Å²) in [7, 11) is 0. The van der Waals surface area contributed by atoms with Crippen LogP contribution in [-0.2, 0) is 20.0 Å². The zero-order valence-corrected chi connectivity index (χ0v) is 21.1. The van der Waals surface area contributed by atoms with Gasteiger partial charge >= 0.3 is 12.1 Å². The van der Waals surface area contributed by atoms with E-state index in [2.05, 4.69) is 0 Å². The summed E-state index contributed by atoms with van der Waals surface area (Å²) in [5.74, 6) is 0.248. The van der Waals surface area contributed by atoms with Crippen LogP contribution in [0.5, 0.6) is 0 Å². The highest BCUT2D eigenvalue weighted by Gasteiger charge is 2.27. The third-order valence-electron chi connectivity index (χ3n) is 5.36. The van der Waals surface area contributed by atoms with Gasteiger partial charge in [-0.05, 0) is 57.6 Å². The first kappa shape index (κ1) is 24.9. The molecule has 2 aromatic carbocycles. The summed E-state index contributed by atoms with van der Waals surface area (Å²) in [6.45, 7) is 9.74. The molecule has 0 radical (unpaired) electrons. The zero-order valence-electron chi connectivity index (χ0n) is 20.3. The molecule has 0 amide bonds. The predicted molar refractivity (Wildman–Crippen MR) is 135 cm³/mol. The molecule has 0 N–H and O–H groups in total. The fourth-order valence-corrected chi connectivity index (χ4v) is 4.52. The molecule has 1 atom stereocenters. The molecule has 0 spiro atoms. The number of hydrogen-bond donors (Lipinski definition) is 0. The fourth-order valence-electron chi connectivity index (χ4n) is 3.98. The summed E-state index contributed by atoms with van der Waals surface area (Å²) in [5, 5.41) is 0.947. The number of nitrogens with zero attached hydrogens (tertiary/aromatic N) is 1. The van der Waals surface area contributed by atoms with E-state index in [0.717, 1.165) is 38.9 Å². The molecule has 0 saturated carbocycles. The molecule has 5 nitrogen and oxygen atoms in total. The molecule has 0 bridgehead atoms. The van der Waals surface area contributed by atoms with Gasteiger partial charge in [0.25, 0.3) is 0 Å². The lowest BCUT2D eigenvalue weighted by atomic mass is 9.87. The van der Waals surface area contributed by atoms with Crippen molar-refractivity contribution in [2.75, 3.05) is 12.9 Å². The van der Waals surface area contributed by atoms with Crippen LogP contribution in [0.4, 0.5) is 4.79 Å². The minimum absolute atomic E-state index is 0.192. The largest absolute Gasteiger partial charge is 0.466 e. The number of carbonyl (C=O) groups excluding carboxylic acids is 2. The van der Waals surface area contributed by atoms with E-state index in [9.17, 15) is 9.59 Å². The molecular formula is C27H33NO4S. The number of hydrogen-bond acceptors (Lipinski definition) is 5. The molecule has 0 aliphatic rings. The summed E-state index contributed by atoms with van der Waals surface area (Å²) < 4.78 is 12.6. The Bertz CT molecular complexity index is 1130. The van der Waals surface area contributed by atoms with Crippen LogP contribution >= 0.6 is 11.8 Å². The number of carbonyl (C=O) groups is 2. The normalized spacial score (nSPS) is 12.5. The Morgan fingerprint density at radius 2 is 1.79 bits per heavy atom. The Kier molecular flexibility index (Phi) is 7.90. The number of aromatic nitrogens is 1. The van der Waals surface area contributed by atoms with Gasteiger partial charge < -0.3 is 9.47 Å². The van der Waals surface area contributed by atoms with E-state index in [4.69, 9.17) is 9.47 Å². The van der Waals surface area contributed by atoms with Gasteiger partial charge in [-0.1, -0.05) is 48.0 Å². The van der Waals surface area contributed by atoms with E-state index in [-0.39, 0.29) is 18.3 Å². The Labute approximate surface area is 200 Å². The van der Waals surface area contributed by atoms with Gasteiger partial charge in [0.1, 0.15) is 5.60 Å². The second-order valence-corrected chi connectivity index (χ2v) is 10.0. The van der Waals surface area contributed by atoms with Crippen LogP contribution in [0.1, 0.15) is 62.3 Å². The SMILES string of the molecule is CCOC(=O)CC(c1ccc(C)cc1)c1cn(C(=O)OC(C)(C)C)c2c(CSC)cccc12. The standard InChI is InChI=1S/C27H33NO4S/c1-7-31-24(29)15-22(19-13-11-18(2)12-14-19)23-16-28(26(30)32-27(3,4)5)25-20(17-33-6)9-8-10-21(23)25/h8-14,16,22H,7,15,17H2,1-6H3. The Balaban J connectivity index is 2.23. The number of thioether (sulfide) groups is 1. The van der Waals surface area contributed by atoms with Gasteiger partial charge in [0.05, 0.1) is 18.5 Å². The van der Waals surface area contributed by atoms with Crippen LogP contribution in [0, 0.1) is 6.92 Å². The number of esters is 1. The van der Waals surface area contributed by atoms with Crippen LogP contribution in [-0.4, -0.2) is 35.1 Å². The van der Waals surface area contributed by atoms with E-state index < -0.39 is 11.7 Å². The Morgan fingerprint density at radius 1 is 1.09 bits per heavy atom. The van der Waals surface area contributed by atoms with Crippen molar-refractivity contribution in [2.45, 2.75) is 58.3 Å². The molecule has 3 aromatic rings. The summed E-state index contributed by atoms with van der Waals surface area (Å²) in [4.78, 5) is 25.8. The average molecular weight is 468 g/mol. The van der Waals surface area contributed by atoms with Gasteiger partial charge in [-0.25, -0.2) is 4.79 Å². The molecule has 0 saturated heterocycles. The third-order valence-corrected chi connectivity index (χ3v) is 5.96. The molecule has 1 heterocycles. The molecule has 1 aromatic heterocycles. The zero-order chi connectivity index (χ0) is 24.2. The summed E-state index contributed by atoms with van der Waals surface area (Å²) in [6.07, 6.45) is 3.64. The quantitative estimate of drug-likeness (QED) is 0.363. The summed E-state index contributed by atoms with van der Waals surface area (Å²) >= 11 is 1.70. The minimum Gasteiger partial charge on any atom is -0.466 e. The Hall–Kier alpha value is -2.73. The number of aryl methyl sites for hydroxylation is 1. The van der Waals surface area contributed by atoms with Crippen molar-refractivity contribution >= 4 is 34.7 Å². The lowest BCUT2D eigenvalue weighted by Gasteiger charge is -2.20. The van der Waals surface area contributed by atoms with Crippen molar-refractivity contribution in [2.24, 2.45) is 0 Å².